The first-order valence-corrected chi connectivity index (χ1v) is 5.16. The summed E-state index contributed by atoms with van der Waals surface area (Å²) in [7, 11) is 0. The van der Waals surface area contributed by atoms with Crippen molar-refractivity contribution in [3.63, 3.8) is 0 Å². The minimum atomic E-state index is -0.256. The second kappa shape index (κ2) is 3.97. The van der Waals surface area contributed by atoms with E-state index in [1.807, 2.05) is 19.1 Å². The topological polar surface area (TPSA) is 17.1 Å². The first-order valence-electron chi connectivity index (χ1n) is 5.16. The fourth-order valence-corrected chi connectivity index (χ4v) is 2.04. The Hall–Kier alpha value is -1.44. The lowest BCUT2D eigenvalue weighted by Crippen LogP contribution is -2.07. The highest BCUT2D eigenvalue weighted by atomic mass is 19.1. The van der Waals surface area contributed by atoms with E-state index in [0.717, 1.165) is 12.0 Å². The number of rotatable bonds is 2. The van der Waals surface area contributed by atoms with Crippen molar-refractivity contribution in [2.24, 2.45) is 5.92 Å². The summed E-state index contributed by atoms with van der Waals surface area (Å²) in [6.07, 6.45) is 5.36. The molecule has 0 radical (unpaired) electrons. The predicted molar refractivity (Wildman–Crippen MR) is 57.4 cm³/mol. The molecule has 0 amide bonds. The van der Waals surface area contributed by atoms with Crippen LogP contribution in [0.3, 0.4) is 0 Å². The summed E-state index contributed by atoms with van der Waals surface area (Å²) in [5.41, 5.74) is 1.56. The molecule has 0 fully saturated rings. The van der Waals surface area contributed by atoms with E-state index in [1.165, 1.54) is 12.1 Å². The Kier molecular flexibility index (Phi) is 2.67. The standard InChI is InChI=1S/C13H13FO/c1-2-3-4-9-7-10-8-11(14)5-6-12(10)13(9)15/h2-3,5-6,8-9H,4,7H2,1H3/t9-/m0/s1. The lowest BCUT2D eigenvalue weighted by Gasteiger charge is -2.01. The molecule has 0 saturated heterocycles. The van der Waals surface area contributed by atoms with E-state index in [2.05, 4.69) is 0 Å². The zero-order valence-electron chi connectivity index (χ0n) is 8.66. The maximum Gasteiger partial charge on any atom is 0.166 e. The minimum Gasteiger partial charge on any atom is -0.294 e. The predicted octanol–water partition coefficient (Wildman–Crippen LogP) is 3.15. The summed E-state index contributed by atoms with van der Waals surface area (Å²) in [5, 5.41) is 0. The molecule has 1 aromatic carbocycles. The molecule has 15 heavy (non-hydrogen) atoms. The minimum absolute atomic E-state index is 0.0120. The van der Waals surface area contributed by atoms with Crippen LogP contribution in [-0.4, -0.2) is 5.78 Å². The van der Waals surface area contributed by atoms with Crippen LogP contribution in [0.15, 0.2) is 30.4 Å². The lowest BCUT2D eigenvalue weighted by molar-refractivity contribution is 0.0938. The van der Waals surface area contributed by atoms with Crippen LogP contribution in [0, 0.1) is 11.7 Å². The Balaban J connectivity index is 2.25. The SMILES string of the molecule is CC=CC[C@H]1Cc2cc(F)ccc2C1=O. The number of allylic oxidation sites excluding steroid dienone is 2. The molecule has 0 saturated carbocycles. The van der Waals surface area contributed by atoms with Crippen molar-refractivity contribution < 1.29 is 9.18 Å². The number of hydrogen-bond donors (Lipinski definition) is 0. The number of halogens is 1. The number of carbonyl (C=O) groups excluding carboxylic acids is 1. The van der Waals surface area contributed by atoms with Gasteiger partial charge in [0.25, 0.3) is 0 Å². The van der Waals surface area contributed by atoms with Gasteiger partial charge in [0.05, 0.1) is 0 Å². The van der Waals surface area contributed by atoms with Crippen LogP contribution in [0.4, 0.5) is 4.39 Å². The third kappa shape index (κ3) is 1.84. The molecule has 0 bridgehead atoms. The molecular weight excluding hydrogens is 191 g/mol. The Morgan fingerprint density at radius 1 is 1.53 bits per heavy atom. The van der Waals surface area contributed by atoms with E-state index in [9.17, 15) is 9.18 Å². The summed E-state index contributed by atoms with van der Waals surface area (Å²) in [4.78, 5) is 11.9. The molecule has 1 aromatic rings. The van der Waals surface area contributed by atoms with Crippen LogP contribution in [0.1, 0.15) is 29.3 Å². The molecular formula is C13H13FO. The van der Waals surface area contributed by atoms with Crippen molar-refractivity contribution in [1.82, 2.24) is 0 Å². The van der Waals surface area contributed by atoms with Crippen LogP contribution in [0.25, 0.3) is 0 Å². The van der Waals surface area contributed by atoms with Crippen molar-refractivity contribution in [3.8, 4) is 0 Å². The van der Waals surface area contributed by atoms with Gasteiger partial charge in [-0.15, -0.1) is 0 Å². The van der Waals surface area contributed by atoms with Crippen molar-refractivity contribution in [2.75, 3.05) is 0 Å². The van der Waals surface area contributed by atoms with Gasteiger partial charge in [-0.2, -0.15) is 0 Å². The zero-order valence-corrected chi connectivity index (χ0v) is 8.66. The summed E-state index contributed by atoms with van der Waals surface area (Å²) >= 11 is 0. The van der Waals surface area contributed by atoms with Crippen molar-refractivity contribution in [1.29, 1.82) is 0 Å². The molecule has 1 nitrogen and oxygen atoms in total. The Bertz CT molecular complexity index is 421. The van der Waals surface area contributed by atoms with Gasteiger partial charge in [0.15, 0.2) is 5.78 Å². The average molecular weight is 204 g/mol. The zero-order chi connectivity index (χ0) is 10.8. The van der Waals surface area contributed by atoms with Crippen LogP contribution in [-0.2, 0) is 6.42 Å². The molecule has 2 rings (SSSR count). The van der Waals surface area contributed by atoms with Gasteiger partial charge in [-0.3, -0.25) is 4.79 Å². The second-order valence-electron chi connectivity index (χ2n) is 3.87. The largest absolute Gasteiger partial charge is 0.294 e. The highest BCUT2D eigenvalue weighted by Gasteiger charge is 2.29. The maximum absolute atomic E-state index is 12.9. The highest BCUT2D eigenvalue weighted by Crippen LogP contribution is 2.29. The van der Waals surface area contributed by atoms with Gasteiger partial charge in [0, 0.05) is 11.5 Å². The normalized spacial score (nSPS) is 19.9. The molecule has 78 valence electrons. The Labute approximate surface area is 88.6 Å². The van der Waals surface area contributed by atoms with Crippen molar-refractivity contribution in [2.45, 2.75) is 19.8 Å². The monoisotopic (exact) mass is 204 g/mol. The van der Waals surface area contributed by atoms with Crippen LogP contribution in [0.2, 0.25) is 0 Å². The first kappa shape index (κ1) is 10.1. The molecule has 0 aromatic heterocycles. The van der Waals surface area contributed by atoms with E-state index in [1.54, 1.807) is 6.07 Å². The first-order chi connectivity index (χ1) is 7.22. The maximum atomic E-state index is 12.9. The number of ketones is 1. The quantitative estimate of drug-likeness (QED) is 0.676. The third-order valence-electron chi connectivity index (χ3n) is 2.83. The summed E-state index contributed by atoms with van der Waals surface area (Å²) in [6.45, 7) is 1.94. The molecule has 0 aliphatic heterocycles. The Morgan fingerprint density at radius 3 is 3.07 bits per heavy atom. The van der Waals surface area contributed by atoms with Crippen LogP contribution >= 0.6 is 0 Å². The van der Waals surface area contributed by atoms with Crippen molar-refractivity contribution in [3.05, 3.63) is 47.3 Å². The number of Topliss-reactive ketones (excluding diaryl/α,β-unsaturated/α-hetero) is 1. The van der Waals surface area contributed by atoms with Gasteiger partial charge in [-0.05, 0) is 43.5 Å². The fourth-order valence-electron chi connectivity index (χ4n) is 2.04. The van der Waals surface area contributed by atoms with Gasteiger partial charge >= 0.3 is 0 Å². The van der Waals surface area contributed by atoms with E-state index in [-0.39, 0.29) is 17.5 Å². The van der Waals surface area contributed by atoms with Gasteiger partial charge in [0.1, 0.15) is 5.82 Å². The second-order valence-corrected chi connectivity index (χ2v) is 3.87. The number of benzene rings is 1. The van der Waals surface area contributed by atoms with Gasteiger partial charge in [-0.25, -0.2) is 4.39 Å². The molecule has 1 atom stereocenters. The van der Waals surface area contributed by atoms with E-state index >= 15 is 0 Å². The average Bonchev–Trinajstić information content (AvgIpc) is 2.52. The molecule has 0 spiro atoms. The number of hydrogen-bond acceptors (Lipinski definition) is 1. The number of fused-ring (bicyclic) bond motifs is 1. The van der Waals surface area contributed by atoms with Crippen molar-refractivity contribution >= 4 is 5.78 Å². The summed E-state index contributed by atoms with van der Waals surface area (Å²) in [5.74, 6) is -0.0886. The summed E-state index contributed by atoms with van der Waals surface area (Å²) < 4.78 is 12.9. The molecule has 0 N–H and O–H groups in total. The lowest BCUT2D eigenvalue weighted by atomic mass is 10.0. The summed E-state index contributed by atoms with van der Waals surface area (Å²) in [6, 6.07) is 4.43. The molecule has 2 heteroatoms. The van der Waals surface area contributed by atoms with E-state index in [0.29, 0.717) is 12.0 Å². The Morgan fingerprint density at radius 2 is 2.33 bits per heavy atom. The van der Waals surface area contributed by atoms with Crippen LogP contribution in [0.5, 0.6) is 0 Å². The van der Waals surface area contributed by atoms with E-state index in [4.69, 9.17) is 0 Å². The van der Waals surface area contributed by atoms with Gasteiger partial charge in [-0.1, -0.05) is 12.2 Å². The fraction of sp³-hybridized carbons (Fsp3) is 0.308. The molecule has 1 aliphatic carbocycles. The smallest absolute Gasteiger partial charge is 0.166 e. The van der Waals surface area contributed by atoms with Crippen LogP contribution < -0.4 is 0 Å². The molecule has 1 aliphatic rings. The molecule has 0 unspecified atom stereocenters. The third-order valence-corrected chi connectivity index (χ3v) is 2.83. The molecule has 0 heterocycles. The van der Waals surface area contributed by atoms with Gasteiger partial charge < -0.3 is 0 Å². The number of carbonyl (C=O) groups is 1. The van der Waals surface area contributed by atoms with Gasteiger partial charge in [0.2, 0.25) is 0 Å². The highest BCUT2D eigenvalue weighted by molar-refractivity contribution is 6.02. The van der Waals surface area contributed by atoms with E-state index < -0.39 is 0 Å².